The number of carbonyl (C=O) groups excluding carboxylic acids is 3. The van der Waals surface area contributed by atoms with E-state index in [0.717, 1.165) is 5.56 Å². The lowest BCUT2D eigenvalue weighted by Crippen LogP contribution is -2.30. The summed E-state index contributed by atoms with van der Waals surface area (Å²) in [6.45, 7) is 4.83. The van der Waals surface area contributed by atoms with Crippen LogP contribution in [-0.4, -0.2) is 23.9 Å². The summed E-state index contributed by atoms with van der Waals surface area (Å²) in [7, 11) is 0. The molecule has 2 rings (SSSR count). The van der Waals surface area contributed by atoms with Crippen LogP contribution in [-0.2, 0) is 14.3 Å². The highest BCUT2D eigenvalue weighted by Crippen LogP contribution is 2.13. The van der Waals surface area contributed by atoms with E-state index in [1.54, 1.807) is 18.2 Å². The van der Waals surface area contributed by atoms with E-state index in [9.17, 15) is 14.4 Å². The lowest BCUT2D eigenvalue weighted by molar-refractivity contribution is -0.123. The molecule has 130 valence electrons. The summed E-state index contributed by atoms with van der Waals surface area (Å²) in [5.74, 6) is -1.22. The van der Waals surface area contributed by atoms with Crippen molar-refractivity contribution in [2.24, 2.45) is 0 Å². The molecule has 2 aromatic carbocycles. The molecule has 0 unspecified atom stereocenters. The molecule has 0 heterocycles. The molecule has 2 aromatic rings. The molecule has 6 heteroatoms. The second-order valence-corrected chi connectivity index (χ2v) is 5.66. The van der Waals surface area contributed by atoms with Crippen molar-refractivity contribution in [2.45, 2.75) is 26.9 Å². The average Bonchev–Trinajstić information content (AvgIpc) is 2.54. The van der Waals surface area contributed by atoms with Crippen molar-refractivity contribution in [3.63, 3.8) is 0 Å². The lowest BCUT2D eigenvalue weighted by Gasteiger charge is -2.14. The molecule has 0 aromatic heterocycles. The fourth-order valence-corrected chi connectivity index (χ4v) is 2.14. The first-order valence-electron chi connectivity index (χ1n) is 7.81. The Hall–Kier alpha value is -3.15. The molecule has 25 heavy (non-hydrogen) atoms. The predicted octanol–water partition coefficient (Wildman–Crippen LogP) is 3.14. The summed E-state index contributed by atoms with van der Waals surface area (Å²) >= 11 is 0. The van der Waals surface area contributed by atoms with E-state index in [2.05, 4.69) is 10.6 Å². The van der Waals surface area contributed by atoms with Crippen LogP contribution in [0.15, 0.2) is 48.5 Å². The number of hydrogen-bond donors (Lipinski definition) is 2. The van der Waals surface area contributed by atoms with Crippen molar-refractivity contribution >= 4 is 29.2 Å². The number of benzene rings is 2. The van der Waals surface area contributed by atoms with Crippen molar-refractivity contribution < 1.29 is 19.1 Å². The van der Waals surface area contributed by atoms with Crippen LogP contribution in [0.5, 0.6) is 0 Å². The maximum atomic E-state index is 12.1. The number of carbonyl (C=O) groups is 3. The third kappa shape index (κ3) is 5.46. The Kier molecular flexibility index (Phi) is 5.89. The molecule has 0 aliphatic rings. The van der Waals surface area contributed by atoms with E-state index >= 15 is 0 Å². The fourth-order valence-electron chi connectivity index (χ4n) is 2.14. The van der Waals surface area contributed by atoms with Gasteiger partial charge in [0.2, 0.25) is 5.91 Å². The normalized spacial score (nSPS) is 11.3. The second-order valence-electron chi connectivity index (χ2n) is 5.66. The van der Waals surface area contributed by atoms with E-state index in [0.29, 0.717) is 16.9 Å². The third-order valence-electron chi connectivity index (χ3n) is 3.38. The molecule has 0 saturated heterocycles. The van der Waals surface area contributed by atoms with Crippen molar-refractivity contribution in [2.75, 3.05) is 10.6 Å². The van der Waals surface area contributed by atoms with Gasteiger partial charge in [0.05, 0.1) is 5.56 Å². The largest absolute Gasteiger partial charge is 0.449 e. The number of nitrogens with one attached hydrogen (secondary N) is 2. The first kappa shape index (κ1) is 18.2. The Morgan fingerprint density at radius 1 is 0.960 bits per heavy atom. The van der Waals surface area contributed by atoms with E-state index in [4.69, 9.17) is 4.74 Å². The van der Waals surface area contributed by atoms with E-state index in [-0.39, 0.29) is 5.91 Å². The highest BCUT2D eigenvalue weighted by molar-refractivity contribution is 5.97. The molecule has 1 atom stereocenters. The highest BCUT2D eigenvalue weighted by atomic mass is 16.5. The summed E-state index contributed by atoms with van der Waals surface area (Å²) < 4.78 is 5.18. The number of anilines is 2. The number of hydrogen-bond acceptors (Lipinski definition) is 4. The Balaban J connectivity index is 1.94. The van der Waals surface area contributed by atoms with Crippen molar-refractivity contribution in [3.8, 4) is 0 Å². The maximum absolute atomic E-state index is 12.1. The van der Waals surface area contributed by atoms with E-state index in [1.165, 1.54) is 26.0 Å². The summed E-state index contributed by atoms with van der Waals surface area (Å²) in [5, 5.41) is 5.31. The Labute approximate surface area is 146 Å². The van der Waals surface area contributed by atoms with Gasteiger partial charge >= 0.3 is 5.97 Å². The molecule has 2 amide bonds. The molecule has 0 aliphatic carbocycles. The third-order valence-corrected chi connectivity index (χ3v) is 3.38. The monoisotopic (exact) mass is 340 g/mol. The van der Waals surface area contributed by atoms with E-state index in [1.807, 2.05) is 25.1 Å². The average molecular weight is 340 g/mol. The first-order valence-corrected chi connectivity index (χ1v) is 7.81. The standard InChI is InChI=1S/C19H20N2O4/c1-12-5-4-6-17(11-12)21-18(23)13(2)25-19(24)15-7-9-16(10-8-15)20-14(3)22/h4-11,13H,1-3H3,(H,20,22)(H,21,23)/t13-/m0/s1. The minimum absolute atomic E-state index is 0.197. The zero-order valence-electron chi connectivity index (χ0n) is 14.3. The molecular formula is C19H20N2O4. The smallest absolute Gasteiger partial charge is 0.338 e. The number of amides is 2. The zero-order valence-corrected chi connectivity index (χ0v) is 14.3. The molecule has 0 fully saturated rings. The van der Waals surface area contributed by atoms with Gasteiger partial charge in [-0.2, -0.15) is 0 Å². The lowest BCUT2D eigenvalue weighted by atomic mass is 10.2. The fraction of sp³-hybridized carbons (Fsp3) is 0.211. The maximum Gasteiger partial charge on any atom is 0.338 e. The predicted molar refractivity (Wildman–Crippen MR) is 95.4 cm³/mol. The van der Waals surface area contributed by atoms with Crippen LogP contribution in [0.4, 0.5) is 11.4 Å². The molecule has 0 saturated carbocycles. The van der Waals surface area contributed by atoms with Crippen LogP contribution >= 0.6 is 0 Å². The Morgan fingerprint density at radius 3 is 2.24 bits per heavy atom. The quantitative estimate of drug-likeness (QED) is 0.819. The van der Waals surface area contributed by atoms with Gasteiger partial charge in [-0.15, -0.1) is 0 Å². The van der Waals surface area contributed by atoms with Gasteiger partial charge in [0.1, 0.15) is 0 Å². The Morgan fingerprint density at radius 2 is 1.64 bits per heavy atom. The SMILES string of the molecule is CC(=O)Nc1ccc(C(=O)O[C@@H](C)C(=O)Nc2cccc(C)c2)cc1. The number of ether oxygens (including phenoxy) is 1. The number of esters is 1. The van der Waals surface area contributed by atoms with Crippen LogP contribution in [0.2, 0.25) is 0 Å². The first-order chi connectivity index (χ1) is 11.8. The molecule has 2 N–H and O–H groups in total. The number of rotatable bonds is 5. The minimum atomic E-state index is -0.942. The van der Waals surface area contributed by atoms with Gasteiger partial charge in [-0.05, 0) is 55.8 Å². The highest BCUT2D eigenvalue weighted by Gasteiger charge is 2.19. The number of aryl methyl sites for hydroxylation is 1. The summed E-state index contributed by atoms with van der Waals surface area (Å²) in [4.78, 5) is 35.2. The van der Waals surface area contributed by atoms with Gasteiger partial charge in [0.25, 0.3) is 5.91 Å². The molecule has 0 aliphatic heterocycles. The van der Waals surface area contributed by atoms with Gasteiger partial charge < -0.3 is 15.4 Å². The van der Waals surface area contributed by atoms with Gasteiger partial charge in [-0.3, -0.25) is 9.59 Å². The zero-order chi connectivity index (χ0) is 18.4. The van der Waals surface area contributed by atoms with Gasteiger partial charge in [-0.25, -0.2) is 4.79 Å². The minimum Gasteiger partial charge on any atom is -0.449 e. The van der Waals surface area contributed by atoms with Crippen LogP contribution in [0.3, 0.4) is 0 Å². The summed E-state index contributed by atoms with van der Waals surface area (Å²) in [6, 6.07) is 13.6. The van der Waals surface area contributed by atoms with Crippen molar-refractivity contribution in [3.05, 3.63) is 59.7 Å². The van der Waals surface area contributed by atoms with Gasteiger partial charge in [0, 0.05) is 18.3 Å². The van der Waals surface area contributed by atoms with Crippen LogP contribution in [0, 0.1) is 6.92 Å². The van der Waals surface area contributed by atoms with Crippen LogP contribution in [0.25, 0.3) is 0 Å². The van der Waals surface area contributed by atoms with Gasteiger partial charge in [-0.1, -0.05) is 12.1 Å². The van der Waals surface area contributed by atoms with Gasteiger partial charge in [0.15, 0.2) is 6.10 Å². The van der Waals surface area contributed by atoms with Crippen LogP contribution < -0.4 is 10.6 Å². The Bertz CT molecular complexity index is 784. The molecular weight excluding hydrogens is 320 g/mol. The summed E-state index contributed by atoms with van der Waals surface area (Å²) in [6.07, 6.45) is -0.942. The summed E-state index contributed by atoms with van der Waals surface area (Å²) in [5.41, 5.74) is 2.54. The molecule has 0 bridgehead atoms. The second kappa shape index (κ2) is 8.10. The molecule has 0 spiro atoms. The molecule has 0 radical (unpaired) electrons. The van der Waals surface area contributed by atoms with E-state index < -0.39 is 18.0 Å². The molecule has 6 nitrogen and oxygen atoms in total. The van der Waals surface area contributed by atoms with Crippen molar-refractivity contribution in [1.29, 1.82) is 0 Å². The topological polar surface area (TPSA) is 84.5 Å². The van der Waals surface area contributed by atoms with Crippen LogP contribution in [0.1, 0.15) is 29.8 Å². The van der Waals surface area contributed by atoms with Crippen molar-refractivity contribution in [1.82, 2.24) is 0 Å².